The fourth-order valence-electron chi connectivity index (χ4n) is 1.47. The van der Waals surface area contributed by atoms with E-state index in [4.69, 9.17) is 0 Å². The second kappa shape index (κ2) is 8.79. The molecule has 0 bridgehead atoms. The molecule has 1 amide bonds. The average Bonchev–Trinajstić information content (AvgIpc) is 2.22. The highest BCUT2D eigenvalue weighted by Gasteiger charge is 2.04. The van der Waals surface area contributed by atoms with Gasteiger partial charge in [0, 0.05) is 12.6 Å². The first-order valence-corrected chi connectivity index (χ1v) is 5.63. The molecule has 1 N–H and O–H groups in total. The van der Waals surface area contributed by atoms with Crippen LogP contribution in [0, 0.1) is 0 Å². The predicted molar refractivity (Wildman–Crippen MR) is 61.2 cm³/mol. The third-order valence-electron chi connectivity index (χ3n) is 2.42. The highest BCUT2D eigenvalue weighted by molar-refractivity contribution is 5.92. The number of carbonyl (C=O) groups is 1. The molecule has 2 nitrogen and oxygen atoms in total. The maximum Gasteiger partial charge on any atom is 0.246 e. The van der Waals surface area contributed by atoms with E-state index in [1.165, 1.54) is 25.7 Å². The second-order valence-corrected chi connectivity index (χ2v) is 3.56. The van der Waals surface area contributed by atoms with Crippen LogP contribution >= 0.6 is 0 Å². The largest absolute Gasteiger partial charge is 0.355 e. The van der Waals surface area contributed by atoms with E-state index in [2.05, 4.69) is 12.2 Å². The fourth-order valence-corrected chi connectivity index (χ4v) is 1.47. The Bertz CT molecular complexity index is 185. The number of rotatable bonds is 7. The summed E-state index contributed by atoms with van der Waals surface area (Å²) in [6, 6.07) is 0. The van der Waals surface area contributed by atoms with Crippen molar-refractivity contribution in [2.24, 2.45) is 0 Å². The molecule has 0 aliphatic heterocycles. The van der Waals surface area contributed by atoms with Crippen LogP contribution in [0.4, 0.5) is 0 Å². The number of unbranched alkanes of at least 4 members (excludes halogenated alkanes) is 4. The van der Waals surface area contributed by atoms with E-state index in [0.29, 0.717) is 0 Å². The Labute approximate surface area is 87.8 Å². The normalized spacial score (nSPS) is 11.5. The molecule has 0 aliphatic carbocycles. The molecule has 0 rings (SSSR count). The van der Waals surface area contributed by atoms with Crippen molar-refractivity contribution in [3.63, 3.8) is 0 Å². The van der Waals surface area contributed by atoms with Crippen LogP contribution in [0.3, 0.4) is 0 Å². The minimum atomic E-state index is 0.0722. The summed E-state index contributed by atoms with van der Waals surface area (Å²) in [5.41, 5.74) is 0.920. The first-order valence-electron chi connectivity index (χ1n) is 5.63. The Morgan fingerprint density at radius 2 is 1.86 bits per heavy atom. The lowest BCUT2D eigenvalue weighted by Gasteiger charge is -2.04. The zero-order valence-corrected chi connectivity index (χ0v) is 9.73. The Hall–Kier alpha value is -0.790. The van der Waals surface area contributed by atoms with Gasteiger partial charge in [0.15, 0.2) is 0 Å². The van der Waals surface area contributed by atoms with E-state index >= 15 is 0 Å². The first-order chi connectivity index (χ1) is 6.76. The molecule has 0 atom stereocenters. The molecule has 0 spiro atoms. The molecule has 0 unspecified atom stereocenters. The van der Waals surface area contributed by atoms with Crippen LogP contribution in [0.5, 0.6) is 0 Å². The molecule has 82 valence electrons. The summed E-state index contributed by atoms with van der Waals surface area (Å²) < 4.78 is 0. The topological polar surface area (TPSA) is 29.1 Å². The summed E-state index contributed by atoms with van der Waals surface area (Å²) in [6.07, 6.45) is 9.08. The van der Waals surface area contributed by atoms with Crippen molar-refractivity contribution in [1.82, 2.24) is 5.32 Å². The van der Waals surface area contributed by atoms with E-state index < -0.39 is 0 Å². The van der Waals surface area contributed by atoms with Gasteiger partial charge in [-0.05, 0) is 19.8 Å². The molecule has 0 fully saturated rings. The number of likely N-dealkylation sites (N-methyl/N-ethyl adjacent to an activating group) is 1. The van der Waals surface area contributed by atoms with Gasteiger partial charge in [-0.2, -0.15) is 0 Å². The average molecular weight is 197 g/mol. The third kappa shape index (κ3) is 5.79. The van der Waals surface area contributed by atoms with Gasteiger partial charge in [0.2, 0.25) is 5.91 Å². The summed E-state index contributed by atoms with van der Waals surface area (Å²) in [6.45, 7) is 4.14. The molecule has 2 heteroatoms. The van der Waals surface area contributed by atoms with E-state index in [-0.39, 0.29) is 5.91 Å². The van der Waals surface area contributed by atoms with E-state index in [1.807, 2.05) is 13.0 Å². The summed E-state index contributed by atoms with van der Waals surface area (Å²) in [4.78, 5) is 11.3. The molecule has 0 heterocycles. The Balaban J connectivity index is 3.59. The van der Waals surface area contributed by atoms with Gasteiger partial charge in [-0.1, -0.05) is 38.7 Å². The van der Waals surface area contributed by atoms with Gasteiger partial charge in [0.1, 0.15) is 0 Å². The molecular formula is C12H23NO. The van der Waals surface area contributed by atoms with Crippen LogP contribution in [0.2, 0.25) is 0 Å². The minimum Gasteiger partial charge on any atom is -0.355 e. The lowest BCUT2D eigenvalue weighted by molar-refractivity contribution is -0.117. The number of allylic oxidation sites excluding steroid dienone is 1. The van der Waals surface area contributed by atoms with Gasteiger partial charge >= 0.3 is 0 Å². The summed E-state index contributed by atoms with van der Waals surface area (Å²) in [5, 5.41) is 2.66. The van der Waals surface area contributed by atoms with Crippen LogP contribution in [0.15, 0.2) is 11.6 Å². The third-order valence-corrected chi connectivity index (χ3v) is 2.42. The monoisotopic (exact) mass is 197 g/mol. The van der Waals surface area contributed by atoms with Crippen LogP contribution in [-0.2, 0) is 4.79 Å². The van der Waals surface area contributed by atoms with Crippen molar-refractivity contribution in [2.75, 3.05) is 7.05 Å². The van der Waals surface area contributed by atoms with E-state index in [9.17, 15) is 4.79 Å². The van der Waals surface area contributed by atoms with Crippen molar-refractivity contribution in [1.29, 1.82) is 0 Å². The summed E-state index contributed by atoms with van der Waals surface area (Å²) in [5.74, 6) is 0.0722. The van der Waals surface area contributed by atoms with Crippen LogP contribution < -0.4 is 5.32 Å². The number of nitrogens with one attached hydrogen (secondary N) is 1. The quantitative estimate of drug-likeness (QED) is 0.493. The van der Waals surface area contributed by atoms with Crippen LogP contribution in [0.1, 0.15) is 52.4 Å². The van der Waals surface area contributed by atoms with E-state index in [1.54, 1.807) is 7.05 Å². The van der Waals surface area contributed by atoms with Crippen molar-refractivity contribution in [2.45, 2.75) is 52.4 Å². The highest BCUT2D eigenvalue weighted by Crippen LogP contribution is 2.10. The van der Waals surface area contributed by atoms with Crippen LogP contribution in [0.25, 0.3) is 0 Å². The van der Waals surface area contributed by atoms with Gasteiger partial charge in [-0.25, -0.2) is 0 Å². The maximum atomic E-state index is 11.3. The zero-order valence-electron chi connectivity index (χ0n) is 9.73. The van der Waals surface area contributed by atoms with Crippen molar-refractivity contribution in [3.05, 3.63) is 11.6 Å². The van der Waals surface area contributed by atoms with Gasteiger partial charge in [-0.3, -0.25) is 4.79 Å². The predicted octanol–water partition coefficient (Wildman–Crippen LogP) is 3.04. The molecule has 0 aliphatic rings. The maximum absolute atomic E-state index is 11.3. The first kappa shape index (κ1) is 13.2. The Morgan fingerprint density at radius 1 is 1.21 bits per heavy atom. The number of carbonyl (C=O) groups excluding carboxylic acids is 1. The number of hydrogen-bond acceptors (Lipinski definition) is 1. The molecule has 0 aromatic carbocycles. The van der Waals surface area contributed by atoms with E-state index in [0.717, 1.165) is 18.4 Å². The standard InChI is InChI=1S/C12H23NO/c1-4-6-7-8-9-10-11(5-2)12(14)13-3/h5H,4,6-10H2,1-3H3,(H,13,14)/b11-5+. The summed E-state index contributed by atoms with van der Waals surface area (Å²) in [7, 11) is 1.68. The van der Waals surface area contributed by atoms with Gasteiger partial charge in [0.05, 0.1) is 0 Å². The van der Waals surface area contributed by atoms with Crippen molar-refractivity contribution in [3.8, 4) is 0 Å². The minimum absolute atomic E-state index is 0.0722. The smallest absolute Gasteiger partial charge is 0.246 e. The van der Waals surface area contributed by atoms with Crippen molar-refractivity contribution >= 4 is 5.91 Å². The molecule has 0 radical (unpaired) electrons. The van der Waals surface area contributed by atoms with Gasteiger partial charge in [0.25, 0.3) is 0 Å². The number of hydrogen-bond donors (Lipinski definition) is 1. The molecule has 0 aromatic heterocycles. The SMILES string of the molecule is C/C=C(\CCCCCCC)C(=O)NC. The molecule has 14 heavy (non-hydrogen) atoms. The Morgan fingerprint density at radius 3 is 2.36 bits per heavy atom. The molecule has 0 saturated heterocycles. The lowest BCUT2D eigenvalue weighted by atomic mass is 10.1. The highest BCUT2D eigenvalue weighted by atomic mass is 16.1. The zero-order chi connectivity index (χ0) is 10.8. The second-order valence-electron chi connectivity index (χ2n) is 3.56. The fraction of sp³-hybridized carbons (Fsp3) is 0.750. The Kier molecular flexibility index (Phi) is 8.30. The van der Waals surface area contributed by atoms with Gasteiger partial charge < -0.3 is 5.32 Å². The lowest BCUT2D eigenvalue weighted by Crippen LogP contribution is -2.19. The van der Waals surface area contributed by atoms with Crippen LogP contribution in [-0.4, -0.2) is 13.0 Å². The van der Waals surface area contributed by atoms with Crippen molar-refractivity contribution < 1.29 is 4.79 Å². The number of amides is 1. The summed E-state index contributed by atoms with van der Waals surface area (Å²) >= 11 is 0. The molecule has 0 aromatic rings. The van der Waals surface area contributed by atoms with Gasteiger partial charge in [-0.15, -0.1) is 0 Å². The molecular weight excluding hydrogens is 174 g/mol. The molecule has 0 saturated carbocycles.